The zero-order valence-electron chi connectivity index (χ0n) is 41.7. The van der Waals surface area contributed by atoms with Gasteiger partial charge in [0.2, 0.25) is 0 Å². The first-order valence-electron chi connectivity index (χ1n) is 22.3. The van der Waals surface area contributed by atoms with Crippen molar-refractivity contribution in [1.82, 2.24) is 34.9 Å². The van der Waals surface area contributed by atoms with Crippen molar-refractivity contribution in [3.63, 3.8) is 0 Å². The molecule has 0 aliphatic heterocycles. The SMILES string of the molecule is CC(C)c1cccc(C(F)(F)F)n1.CC(C)c1nccc(C(F)(F)F)n1.Cc1cc(C(C)C)ncn1.Cc1ccc(C(C)C)nc1.Cc1cccc(C(C)C)c1.Cc1ccnc(C(C)C)c1. The van der Waals surface area contributed by atoms with Crippen LogP contribution in [0.4, 0.5) is 26.3 Å². The van der Waals surface area contributed by atoms with E-state index in [4.69, 9.17) is 0 Å². The molecule has 0 bridgehead atoms. The standard InChI is InChI=1S/C10H14.C9H10F3N.2C9H13N.C8H9F3N2.C8H12N2/c1-8(2)10-6-4-5-9(3)7-10;1-6(2)7-4-3-5-8(13-7)9(10,11)12;1-7(2)9-6-8(3)4-5-10-9;1-7(2)9-5-4-8(3)6-10-9;1-5(2)7-12-4-3-6(13-7)8(9,10)11;1-6(2)8-4-7(3)9-5-10-8/h4-8H,1-3H3;3-6H,1-2H3;2*4-7H,1-3H3;3-5H,1-2H3;4-6H,1-3H3. The van der Waals surface area contributed by atoms with Gasteiger partial charge in [0.15, 0.2) is 0 Å². The summed E-state index contributed by atoms with van der Waals surface area (Å²) in [5.41, 5.74) is 8.57. The maximum atomic E-state index is 12.2. The summed E-state index contributed by atoms with van der Waals surface area (Å²) in [5, 5.41) is 0. The van der Waals surface area contributed by atoms with Crippen LogP contribution in [0.1, 0.15) is 187 Å². The Morgan fingerprint density at radius 2 is 0.924 bits per heavy atom. The van der Waals surface area contributed by atoms with E-state index in [1.165, 1.54) is 39.7 Å². The zero-order valence-corrected chi connectivity index (χ0v) is 41.7. The lowest BCUT2D eigenvalue weighted by Crippen LogP contribution is -2.10. The largest absolute Gasteiger partial charge is 0.433 e. The van der Waals surface area contributed by atoms with Crippen LogP contribution in [0.25, 0.3) is 0 Å². The summed E-state index contributed by atoms with van der Waals surface area (Å²) in [4.78, 5) is 27.3. The number of hydrogen-bond donors (Lipinski definition) is 0. The maximum Gasteiger partial charge on any atom is 0.433 e. The molecule has 5 aromatic heterocycles. The third kappa shape index (κ3) is 23.6. The summed E-state index contributed by atoms with van der Waals surface area (Å²) in [6.07, 6.45) is -2.20. The van der Waals surface area contributed by atoms with Crippen LogP contribution in [0.15, 0.2) is 104 Å². The number of aryl methyl sites for hydroxylation is 4. The Morgan fingerprint density at radius 3 is 1.35 bits per heavy atom. The smallest absolute Gasteiger partial charge is 0.261 e. The van der Waals surface area contributed by atoms with Crippen LogP contribution in [0.3, 0.4) is 0 Å². The third-order valence-electron chi connectivity index (χ3n) is 9.31. The van der Waals surface area contributed by atoms with Gasteiger partial charge in [-0.2, -0.15) is 26.3 Å². The van der Waals surface area contributed by atoms with Crippen molar-refractivity contribution in [2.24, 2.45) is 0 Å². The Bertz CT molecular complexity index is 2090. The first kappa shape index (κ1) is 58.4. The van der Waals surface area contributed by atoms with Gasteiger partial charge in [-0.3, -0.25) is 9.97 Å². The highest BCUT2D eigenvalue weighted by molar-refractivity contribution is 5.24. The molecule has 0 saturated carbocycles. The van der Waals surface area contributed by atoms with Crippen LogP contribution in [0, 0.1) is 27.7 Å². The average molecular weight is 920 g/mol. The topological polar surface area (TPSA) is 90.2 Å². The maximum absolute atomic E-state index is 12.2. The van der Waals surface area contributed by atoms with Crippen LogP contribution in [-0.4, -0.2) is 34.9 Å². The third-order valence-corrected chi connectivity index (χ3v) is 9.31. The van der Waals surface area contributed by atoms with Gasteiger partial charge in [-0.1, -0.05) is 125 Å². The fraction of sp³-hybridized carbons (Fsp3) is 0.453. The van der Waals surface area contributed by atoms with Crippen molar-refractivity contribution in [2.75, 3.05) is 0 Å². The second-order valence-corrected chi connectivity index (χ2v) is 17.7. The van der Waals surface area contributed by atoms with E-state index in [0.29, 0.717) is 29.4 Å². The van der Waals surface area contributed by atoms with Crippen molar-refractivity contribution in [3.05, 3.63) is 172 Å². The Hall–Kier alpha value is -5.59. The fourth-order valence-corrected chi connectivity index (χ4v) is 5.26. The molecular formula is C53H71F6N7. The molecule has 6 rings (SSSR count). The van der Waals surface area contributed by atoms with E-state index in [2.05, 4.69) is 154 Å². The van der Waals surface area contributed by atoms with Crippen LogP contribution in [-0.2, 0) is 12.4 Å². The van der Waals surface area contributed by atoms with Gasteiger partial charge in [0.25, 0.3) is 0 Å². The molecule has 0 saturated heterocycles. The first-order valence-corrected chi connectivity index (χ1v) is 22.3. The Morgan fingerprint density at radius 1 is 0.394 bits per heavy atom. The monoisotopic (exact) mass is 920 g/mol. The highest BCUT2D eigenvalue weighted by atomic mass is 19.4. The molecule has 0 atom stereocenters. The fourth-order valence-electron chi connectivity index (χ4n) is 5.26. The lowest BCUT2D eigenvalue weighted by Gasteiger charge is -2.09. The summed E-state index contributed by atoms with van der Waals surface area (Å²) in [7, 11) is 0. The number of halogens is 6. The lowest BCUT2D eigenvalue weighted by molar-refractivity contribution is -0.142. The first-order chi connectivity index (χ1) is 30.6. The van der Waals surface area contributed by atoms with E-state index in [1.54, 1.807) is 26.2 Å². The number of nitrogens with zero attached hydrogens (tertiary/aromatic N) is 7. The Kier molecular flexibility index (Phi) is 25.2. The molecule has 7 nitrogen and oxygen atoms in total. The number of benzene rings is 1. The Labute approximate surface area is 390 Å². The summed E-state index contributed by atoms with van der Waals surface area (Å²) >= 11 is 0. The minimum absolute atomic E-state index is 0.0160. The van der Waals surface area contributed by atoms with Gasteiger partial charge in [0.1, 0.15) is 23.5 Å². The van der Waals surface area contributed by atoms with Gasteiger partial charge in [-0.15, -0.1) is 0 Å². The van der Waals surface area contributed by atoms with Gasteiger partial charge in [-0.05, 0) is 116 Å². The van der Waals surface area contributed by atoms with E-state index >= 15 is 0 Å². The number of pyridine rings is 3. The van der Waals surface area contributed by atoms with Crippen LogP contribution >= 0.6 is 0 Å². The molecule has 0 aliphatic carbocycles. The molecule has 1 aromatic carbocycles. The molecule has 0 amide bonds. The van der Waals surface area contributed by atoms with Crippen LogP contribution in [0.2, 0.25) is 0 Å². The number of aromatic nitrogens is 7. The van der Waals surface area contributed by atoms with Gasteiger partial charge in [-0.25, -0.2) is 24.9 Å². The van der Waals surface area contributed by atoms with Gasteiger partial charge >= 0.3 is 12.4 Å². The van der Waals surface area contributed by atoms with E-state index in [9.17, 15) is 26.3 Å². The van der Waals surface area contributed by atoms with Crippen molar-refractivity contribution in [1.29, 1.82) is 0 Å². The van der Waals surface area contributed by atoms with Crippen LogP contribution in [0.5, 0.6) is 0 Å². The van der Waals surface area contributed by atoms with Crippen molar-refractivity contribution in [3.8, 4) is 0 Å². The summed E-state index contributed by atoms with van der Waals surface area (Å²) in [6, 6.07) is 23.8. The second kappa shape index (κ2) is 28.4. The summed E-state index contributed by atoms with van der Waals surface area (Å²) in [6.45, 7) is 32.7. The molecule has 66 heavy (non-hydrogen) atoms. The lowest BCUT2D eigenvalue weighted by atomic mass is 10.0. The molecule has 0 radical (unpaired) electrons. The molecule has 5 heterocycles. The number of rotatable bonds is 6. The minimum atomic E-state index is -4.38. The molecular weight excluding hydrogens is 849 g/mol. The number of hydrogen-bond acceptors (Lipinski definition) is 7. The predicted molar refractivity (Wildman–Crippen MR) is 257 cm³/mol. The second-order valence-electron chi connectivity index (χ2n) is 17.7. The van der Waals surface area contributed by atoms with Crippen molar-refractivity contribution >= 4 is 0 Å². The quantitative estimate of drug-likeness (QED) is 0.154. The predicted octanol–water partition coefficient (Wildman–Crippen LogP) is 15.9. The summed E-state index contributed by atoms with van der Waals surface area (Å²) < 4.78 is 72.9. The van der Waals surface area contributed by atoms with E-state index < -0.39 is 23.7 Å². The molecule has 0 unspecified atom stereocenters. The highest BCUT2D eigenvalue weighted by Crippen LogP contribution is 2.29. The van der Waals surface area contributed by atoms with Gasteiger partial charge in [0, 0.05) is 53.0 Å². The average Bonchev–Trinajstić information content (AvgIpc) is 3.24. The molecule has 0 N–H and O–H groups in total. The van der Waals surface area contributed by atoms with E-state index in [-0.39, 0.29) is 17.7 Å². The van der Waals surface area contributed by atoms with Crippen molar-refractivity contribution in [2.45, 2.75) is 159 Å². The number of alkyl halides is 6. The minimum Gasteiger partial charge on any atom is -0.261 e. The molecule has 360 valence electrons. The normalized spacial score (nSPS) is 11.1. The molecule has 6 aromatic rings. The van der Waals surface area contributed by atoms with Gasteiger partial charge < -0.3 is 0 Å². The molecule has 0 fully saturated rings. The highest BCUT2D eigenvalue weighted by Gasteiger charge is 2.33. The molecule has 0 spiro atoms. The van der Waals surface area contributed by atoms with Crippen LogP contribution < -0.4 is 0 Å². The molecule has 13 heteroatoms. The zero-order chi connectivity index (χ0) is 50.4. The summed E-state index contributed by atoms with van der Waals surface area (Å²) in [5.74, 6) is 2.38. The van der Waals surface area contributed by atoms with Crippen molar-refractivity contribution < 1.29 is 26.3 Å². The van der Waals surface area contributed by atoms with Gasteiger partial charge in [0.05, 0.1) is 0 Å². The molecule has 0 aliphatic rings. The van der Waals surface area contributed by atoms with E-state index in [0.717, 1.165) is 29.7 Å². The Balaban J connectivity index is 0.000000398. The van der Waals surface area contributed by atoms with E-state index in [1.807, 2.05) is 45.3 Å².